The fraction of sp³-hybridized carbons (Fsp3) is 0.632. The van der Waals surface area contributed by atoms with Gasteiger partial charge in [0, 0.05) is 0 Å². The van der Waals surface area contributed by atoms with E-state index in [0.29, 0.717) is 23.2 Å². The molecule has 1 aromatic heterocycles. The van der Waals surface area contributed by atoms with Crippen molar-refractivity contribution in [2.75, 3.05) is 0 Å². The zero-order valence-corrected chi connectivity index (χ0v) is 15.6. The monoisotopic (exact) mass is 316 g/mol. The highest BCUT2D eigenvalue weighted by atomic mass is 16.6. The summed E-state index contributed by atoms with van der Waals surface area (Å²) in [4.78, 5) is 17.1. The molecule has 0 fully saturated rings. The molecular weight excluding hydrogens is 288 g/mol. The second-order valence-electron chi connectivity index (χ2n) is 8.42. The summed E-state index contributed by atoms with van der Waals surface area (Å²) < 4.78 is 5.47. The van der Waals surface area contributed by atoms with E-state index in [0.717, 1.165) is 5.69 Å². The molecule has 0 N–H and O–H groups in total. The fourth-order valence-electron chi connectivity index (χ4n) is 2.24. The first-order valence-electron chi connectivity index (χ1n) is 8.01. The van der Waals surface area contributed by atoms with Crippen LogP contribution in [0.25, 0.3) is 0 Å². The molecule has 23 heavy (non-hydrogen) atoms. The molecule has 0 atom stereocenters. The summed E-state index contributed by atoms with van der Waals surface area (Å²) in [5.41, 5.74) is 1.71. The van der Waals surface area contributed by atoms with Gasteiger partial charge in [-0.3, -0.25) is 4.98 Å². The largest absolute Gasteiger partial charge is 0.456 e. The Bertz CT molecular complexity index is 626. The topological polar surface area (TPSA) is 63.0 Å². The van der Waals surface area contributed by atoms with E-state index in [2.05, 4.69) is 31.8 Å². The third-order valence-corrected chi connectivity index (χ3v) is 3.11. The van der Waals surface area contributed by atoms with Crippen molar-refractivity contribution in [3.63, 3.8) is 0 Å². The first-order valence-corrected chi connectivity index (χ1v) is 8.01. The van der Waals surface area contributed by atoms with E-state index in [-0.39, 0.29) is 11.3 Å². The molecule has 0 aliphatic heterocycles. The summed E-state index contributed by atoms with van der Waals surface area (Å²) in [6.45, 7) is 15.8. The van der Waals surface area contributed by atoms with Crippen molar-refractivity contribution in [1.82, 2.24) is 4.98 Å². The van der Waals surface area contributed by atoms with Crippen LogP contribution in [0.2, 0.25) is 0 Å². The number of esters is 1. The second-order valence-corrected chi connectivity index (χ2v) is 8.42. The zero-order valence-electron chi connectivity index (χ0n) is 15.6. The van der Waals surface area contributed by atoms with Gasteiger partial charge in [-0.15, -0.1) is 0 Å². The van der Waals surface area contributed by atoms with Crippen LogP contribution in [0.5, 0.6) is 0 Å². The standard InChI is InChI=1S/C19H28N2O2/c1-12(2)16-14(17(22)23-19(6,7)8)9-13(11-20)15(21-16)10-18(3,4)5/h9,12H,10H2,1-8H3. The number of hydrogen-bond donors (Lipinski definition) is 0. The molecule has 0 aliphatic rings. The van der Waals surface area contributed by atoms with Crippen molar-refractivity contribution in [2.45, 2.75) is 73.3 Å². The average molecular weight is 316 g/mol. The van der Waals surface area contributed by atoms with Gasteiger partial charge in [0.25, 0.3) is 0 Å². The number of ether oxygens (including phenoxy) is 1. The minimum atomic E-state index is -0.581. The summed E-state index contributed by atoms with van der Waals surface area (Å²) >= 11 is 0. The smallest absolute Gasteiger partial charge is 0.340 e. The van der Waals surface area contributed by atoms with Crippen LogP contribution in [0.1, 0.15) is 88.6 Å². The average Bonchev–Trinajstić information content (AvgIpc) is 2.34. The van der Waals surface area contributed by atoms with Crippen LogP contribution in [-0.4, -0.2) is 16.6 Å². The third-order valence-electron chi connectivity index (χ3n) is 3.11. The van der Waals surface area contributed by atoms with Crippen molar-refractivity contribution >= 4 is 5.97 Å². The fourth-order valence-corrected chi connectivity index (χ4v) is 2.24. The molecule has 0 saturated carbocycles. The van der Waals surface area contributed by atoms with Crippen LogP contribution in [-0.2, 0) is 11.2 Å². The minimum Gasteiger partial charge on any atom is -0.456 e. The Labute approximate surface area is 139 Å². The minimum absolute atomic E-state index is 0.0142. The van der Waals surface area contributed by atoms with Crippen LogP contribution >= 0.6 is 0 Å². The van der Waals surface area contributed by atoms with Crippen LogP contribution in [0.3, 0.4) is 0 Å². The molecule has 0 aliphatic carbocycles. The number of nitrogens with zero attached hydrogens (tertiary/aromatic N) is 2. The SMILES string of the molecule is CC(C)c1nc(CC(C)(C)C)c(C#N)cc1C(=O)OC(C)(C)C. The van der Waals surface area contributed by atoms with Crippen LogP contribution in [0, 0.1) is 16.7 Å². The maximum atomic E-state index is 12.5. The molecule has 0 spiro atoms. The highest BCUT2D eigenvalue weighted by Gasteiger charge is 2.25. The zero-order chi connectivity index (χ0) is 18.0. The predicted molar refractivity (Wildman–Crippen MR) is 91.4 cm³/mol. The summed E-state index contributed by atoms with van der Waals surface area (Å²) in [6.07, 6.45) is 0.685. The Morgan fingerprint density at radius 1 is 1.26 bits per heavy atom. The van der Waals surface area contributed by atoms with Crippen LogP contribution in [0.4, 0.5) is 0 Å². The van der Waals surface area contributed by atoms with Gasteiger partial charge in [-0.05, 0) is 44.6 Å². The Morgan fingerprint density at radius 2 is 1.83 bits per heavy atom. The number of aromatic nitrogens is 1. The summed E-state index contributed by atoms with van der Waals surface area (Å²) in [7, 11) is 0. The van der Waals surface area contributed by atoms with E-state index in [9.17, 15) is 10.1 Å². The summed E-state index contributed by atoms with van der Waals surface area (Å²) in [5, 5.41) is 9.44. The lowest BCUT2D eigenvalue weighted by atomic mass is 9.88. The Kier molecular flexibility index (Phi) is 5.58. The number of carbonyl (C=O) groups excluding carboxylic acids is 1. The van der Waals surface area contributed by atoms with E-state index in [4.69, 9.17) is 4.74 Å². The number of nitriles is 1. The number of rotatable bonds is 3. The lowest BCUT2D eigenvalue weighted by Crippen LogP contribution is -2.25. The second kappa shape index (κ2) is 6.70. The molecule has 0 saturated heterocycles. The lowest BCUT2D eigenvalue weighted by Gasteiger charge is -2.23. The van der Waals surface area contributed by atoms with Gasteiger partial charge < -0.3 is 4.74 Å². The van der Waals surface area contributed by atoms with Gasteiger partial charge in [-0.2, -0.15) is 5.26 Å². The van der Waals surface area contributed by atoms with E-state index >= 15 is 0 Å². The van der Waals surface area contributed by atoms with Crippen molar-refractivity contribution in [3.05, 3.63) is 28.6 Å². The molecule has 126 valence electrons. The van der Waals surface area contributed by atoms with Gasteiger partial charge >= 0.3 is 5.97 Å². The quantitative estimate of drug-likeness (QED) is 0.763. The van der Waals surface area contributed by atoms with Crippen LogP contribution < -0.4 is 0 Å². The molecule has 0 bridgehead atoms. The van der Waals surface area contributed by atoms with E-state index in [1.807, 2.05) is 34.6 Å². The van der Waals surface area contributed by atoms with Gasteiger partial charge in [0.2, 0.25) is 0 Å². The van der Waals surface area contributed by atoms with E-state index in [1.165, 1.54) is 0 Å². The van der Waals surface area contributed by atoms with Crippen molar-refractivity contribution in [2.24, 2.45) is 5.41 Å². The highest BCUT2D eigenvalue weighted by Crippen LogP contribution is 2.27. The van der Waals surface area contributed by atoms with E-state index in [1.54, 1.807) is 6.07 Å². The number of pyridine rings is 1. The number of hydrogen-bond acceptors (Lipinski definition) is 4. The first-order chi connectivity index (χ1) is 10.3. The first kappa shape index (κ1) is 19.2. The Balaban J connectivity index is 3.42. The molecule has 1 rings (SSSR count). The molecule has 0 radical (unpaired) electrons. The molecular formula is C19H28N2O2. The summed E-state index contributed by atoms with van der Waals surface area (Å²) in [6, 6.07) is 3.81. The highest BCUT2D eigenvalue weighted by molar-refractivity contribution is 5.91. The predicted octanol–water partition coefficient (Wildman–Crippen LogP) is 4.62. The molecule has 0 aromatic carbocycles. The Morgan fingerprint density at radius 3 is 2.22 bits per heavy atom. The van der Waals surface area contributed by atoms with Gasteiger partial charge in [0.1, 0.15) is 11.7 Å². The van der Waals surface area contributed by atoms with E-state index < -0.39 is 11.6 Å². The maximum absolute atomic E-state index is 12.5. The van der Waals surface area contributed by atoms with Crippen molar-refractivity contribution in [1.29, 1.82) is 5.26 Å². The molecule has 4 heteroatoms. The molecule has 0 amide bonds. The molecule has 1 aromatic rings. The Hall–Kier alpha value is -1.89. The van der Waals surface area contributed by atoms with Crippen molar-refractivity contribution < 1.29 is 9.53 Å². The maximum Gasteiger partial charge on any atom is 0.340 e. The number of carbonyl (C=O) groups is 1. The summed E-state index contributed by atoms with van der Waals surface area (Å²) in [5.74, 6) is -0.350. The molecule has 0 unspecified atom stereocenters. The normalized spacial score (nSPS) is 12.2. The molecule has 1 heterocycles. The van der Waals surface area contributed by atoms with Gasteiger partial charge in [0.15, 0.2) is 0 Å². The lowest BCUT2D eigenvalue weighted by molar-refractivity contribution is 0.00672. The molecule has 4 nitrogen and oxygen atoms in total. The third kappa shape index (κ3) is 5.67. The van der Waals surface area contributed by atoms with Crippen molar-refractivity contribution in [3.8, 4) is 6.07 Å². The van der Waals surface area contributed by atoms with Gasteiger partial charge in [-0.1, -0.05) is 34.6 Å². The van der Waals surface area contributed by atoms with Gasteiger partial charge in [-0.25, -0.2) is 4.79 Å². The van der Waals surface area contributed by atoms with Gasteiger partial charge in [0.05, 0.1) is 22.5 Å². The van der Waals surface area contributed by atoms with Crippen LogP contribution in [0.15, 0.2) is 6.07 Å².